The summed E-state index contributed by atoms with van der Waals surface area (Å²) >= 11 is 0. The minimum atomic E-state index is -0.524. The molecule has 0 aliphatic rings. The Bertz CT molecular complexity index is 696. The zero-order chi connectivity index (χ0) is 15.4. The predicted molar refractivity (Wildman–Crippen MR) is 76.3 cm³/mol. The molecular formula is C15H13NO5. The largest absolute Gasteiger partial charge is 0.497 e. The second kappa shape index (κ2) is 6.04. The smallest absolute Gasteiger partial charge is 0.311 e. The topological polar surface area (TPSA) is 78.7 Å². The lowest BCUT2D eigenvalue weighted by atomic mass is 10.1. The molecule has 0 bridgehead atoms. The predicted octanol–water partition coefficient (Wildman–Crippen LogP) is 3.52. The molecule has 2 rings (SSSR count). The Morgan fingerprint density at radius 2 is 1.90 bits per heavy atom. The van der Waals surface area contributed by atoms with Crippen LogP contribution in [0.1, 0.15) is 15.9 Å². The number of methoxy groups -OCH3 is 1. The van der Waals surface area contributed by atoms with Gasteiger partial charge in [0, 0.05) is 17.7 Å². The first-order chi connectivity index (χ1) is 10.0. The zero-order valence-electron chi connectivity index (χ0n) is 11.5. The van der Waals surface area contributed by atoms with Gasteiger partial charge in [-0.15, -0.1) is 0 Å². The van der Waals surface area contributed by atoms with E-state index in [1.807, 2.05) is 0 Å². The van der Waals surface area contributed by atoms with Crippen molar-refractivity contribution in [2.45, 2.75) is 6.92 Å². The lowest BCUT2D eigenvalue weighted by Gasteiger charge is -2.10. The van der Waals surface area contributed by atoms with E-state index in [0.717, 1.165) is 6.29 Å². The van der Waals surface area contributed by atoms with Crippen LogP contribution in [0.5, 0.6) is 17.2 Å². The van der Waals surface area contributed by atoms with Crippen LogP contribution >= 0.6 is 0 Å². The molecule has 2 aromatic rings. The molecule has 0 amide bonds. The molecule has 0 aromatic heterocycles. The molecule has 6 heteroatoms. The SMILES string of the molecule is COc1ccc([N+](=O)[O-])c(Oc2ccc(C=O)cc2C)c1. The van der Waals surface area contributed by atoms with Crippen molar-refractivity contribution in [2.24, 2.45) is 0 Å². The standard InChI is InChI=1S/C15H13NO5/c1-10-7-11(9-17)3-6-14(10)21-15-8-12(20-2)4-5-13(15)16(18)19/h3-9H,1-2H3. The van der Waals surface area contributed by atoms with Crippen molar-refractivity contribution in [3.63, 3.8) is 0 Å². The van der Waals surface area contributed by atoms with Gasteiger partial charge in [-0.05, 0) is 36.8 Å². The van der Waals surface area contributed by atoms with Crippen LogP contribution in [-0.4, -0.2) is 18.3 Å². The van der Waals surface area contributed by atoms with Crippen LogP contribution < -0.4 is 9.47 Å². The highest BCUT2D eigenvalue weighted by Crippen LogP contribution is 2.35. The molecular weight excluding hydrogens is 274 g/mol. The van der Waals surface area contributed by atoms with E-state index in [0.29, 0.717) is 22.6 Å². The van der Waals surface area contributed by atoms with Crippen LogP contribution in [0.3, 0.4) is 0 Å². The third kappa shape index (κ3) is 3.17. The highest BCUT2D eigenvalue weighted by Gasteiger charge is 2.17. The molecule has 0 fully saturated rings. The molecule has 0 aliphatic carbocycles. The van der Waals surface area contributed by atoms with E-state index >= 15 is 0 Å². The summed E-state index contributed by atoms with van der Waals surface area (Å²) in [6, 6.07) is 9.10. The van der Waals surface area contributed by atoms with E-state index < -0.39 is 4.92 Å². The summed E-state index contributed by atoms with van der Waals surface area (Å²) in [4.78, 5) is 21.2. The first-order valence-electron chi connectivity index (χ1n) is 6.11. The van der Waals surface area contributed by atoms with Gasteiger partial charge in [0.15, 0.2) is 0 Å². The number of carbonyl (C=O) groups excluding carboxylic acids is 1. The summed E-state index contributed by atoms with van der Waals surface area (Å²) in [6.45, 7) is 1.76. The van der Waals surface area contributed by atoms with Gasteiger partial charge in [0.2, 0.25) is 5.75 Å². The fourth-order valence-corrected chi connectivity index (χ4v) is 1.83. The van der Waals surface area contributed by atoms with Gasteiger partial charge in [0.1, 0.15) is 17.8 Å². The Kier molecular flexibility index (Phi) is 4.18. The third-order valence-electron chi connectivity index (χ3n) is 2.92. The maximum atomic E-state index is 11.0. The first-order valence-corrected chi connectivity index (χ1v) is 6.11. The molecule has 6 nitrogen and oxygen atoms in total. The lowest BCUT2D eigenvalue weighted by molar-refractivity contribution is -0.385. The minimum absolute atomic E-state index is 0.0845. The molecule has 0 radical (unpaired) electrons. The molecule has 2 aromatic carbocycles. The quantitative estimate of drug-likeness (QED) is 0.477. The number of carbonyl (C=O) groups is 1. The van der Waals surface area contributed by atoms with Gasteiger partial charge in [-0.25, -0.2) is 0 Å². The maximum Gasteiger partial charge on any atom is 0.311 e. The molecule has 0 spiro atoms. The number of aldehydes is 1. The molecule has 21 heavy (non-hydrogen) atoms. The zero-order valence-corrected chi connectivity index (χ0v) is 11.5. The molecule has 0 unspecified atom stereocenters. The number of rotatable bonds is 5. The van der Waals surface area contributed by atoms with Crippen LogP contribution in [0, 0.1) is 17.0 Å². The van der Waals surface area contributed by atoms with Gasteiger partial charge in [0.25, 0.3) is 0 Å². The summed E-state index contributed by atoms with van der Waals surface area (Å²) in [7, 11) is 1.47. The number of benzene rings is 2. The lowest BCUT2D eigenvalue weighted by Crippen LogP contribution is -1.96. The number of hydrogen-bond donors (Lipinski definition) is 0. The molecule has 0 heterocycles. The Balaban J connectivity index is 2.42. The molecule has 0 N–H and O–H groups in total. The average Bonchev–Trinajstić information content (AvgIpc) is 2.48. The van der Waals surface area contributed by atoms with E-state index in [1.165, 1.54) is 25.3 Å². The van der Waals surface area contributed by atoms with Gasteiger partial charge in [-0.2, -0.15) is 0 Å². The van der Waals surface area contributed by atoms with Crippen LogP contribution in [0.4, 0.5) is 5.69 Å². The van der Waals surface area contributed by atoms with Gasteiger partial charge in [-0.1, -0.05) is 0 Å². The number of nitro groups is 1. The van der Waals surface area contributed by atoms with E-state index in [-0.39, 0.29) is 11.4 Å². The van der Waals surface area contributed by atoms with Crippen molar-refractivity contribution in [3.8, 4) is 17.2 Å². The van der Waals surface area contributed by atoms with Gasteiger partial charge in [0.05, 0.1) is 12.0 Å². The summed E-state index contributed by atoms with van der Waals surface area (Å²) < 4.78 is 10.7. The second-order valence-corrected chi connectivity index (χ2v) is 4.34. The van der Waals surface area contributed by atoms with Crippen LogP contribution in [0.25, 0.3) is 0 Å². The van der Waals surface area contributed by atoms with E-state index in [9.17, 15) is 14.9 Å². The summed E-state index contributed by atoms with van der Waals surface area (Å²) in [5.41, 5.74) is 1.06. The number of nitro benzene ring substituents is 1. The fourth-order valence-electron chi connectivity index (χ4n) is 1.83. The van der Waals surface area contributed by atoms with E-state index in [4.69, 9.17) is 9.47 Å². The minimum Gasteiger partial charge on any atom is -0.497 e. The van der Waals surface area contributed by atoms with Crippen LogP contribution in [-0.2, 0) is 0 Å². The first kappa shape index (κ1) is 14.5. The summed E-state index contributed by atoms with van der Waals surface area (Å²) in [6.07, 6.45) is 0.727. The van der Waals surface area contributed by atoms with Crippen molar-refractivity contribution in [2.75, 3.05) is 7.11 Å². The number of hydrogen-bond acceptors (Lipinski definition) is 5. The van der Waals surface area contributed by atoms with Crippen molar-refractivity contribution < 1.29 is 19.2 Å². The normalized spacial score (nSPS) is 10.0. The molecule has 0 aliphatic heterocycles. The molecule has 0 atom stereocenters. The van der Waals surface area contributed by atoms with Crippen molar-refractivity contribution in [1.29, 1.82) is 0 Å². The summed E-state index contributed by atoms with van der Waals surface area (Å²) in [5.74, 6) is 0.982. The number of nitrogens with zero attached hydrogens (tertiary/aromatic N) is 1. The Morgan fingerprint density at radius 3 is 2.48 bits per heavy atom. The van der Waals surface area contributed by atoms with Gasteiger partial charge in [-0.3, -0.25) is 14.9 Å². The average molecular weight is 287 g/mol. The van der Waals surface area contributed by atoms with Gasteiger partial charge >= 0.3 is 5.69 Å². The van der Waals surface area contributed by atoms with Crippen LogP contribution in [0.2, 0.25) is 0 Å². The number of ether oxygens (including phenoxy) is 2. The molecule has 0 saturated carbocycles. The molecule has 0 saturated heterocycles. The van der Waals surface area contributed by atoms with Crippen molar-refractivity contribution in [3.05, 3.63) is 57.6 Å². The maximum absolute atomic E-state index is 11.0. The Morgan fingerprint density at radius 1 is 1.14 bits per heavy atom. The van der Waals surface area contributed by atoms with E-state index in [2.05, 4.69) is 0 Å². The second-order valence-electron chi connectivity index (χ2n) is 4.34. The Labute approximate surface area is 121 Å². The number of aryl methyl sites for hydroxylation is 1. The highest BCUT2D eigenvalue weighted by atomic mass is 16.6. The molecule has 108 valence electrons. The van der Waals surface area contributed by atoms with Crippen molar-refractivity contribution in [1.82, 2.24) is 0 Å². The summed E-state index contributed by atoms with van der Waals surface area (Å²) in [5, 5.41) is 11.0. The Hall–Kier alpha value is -2.89. The van der Waals surface area contributed by atoms with E-state index in [1.54, 1.807) is 25.1 Å². The monoisotopic (exact) mass is 287 g/mol. The highest BCUT2D eigenvalue weighted by molar-refractivity contribution is 5.75. The fraction of sp³-hybridized carbons (Fsp3) is 0.133. The van der Waals surface area contributed by atoms with Gasteiger partial charge < -0.3 is 9.47 Å². The van der Waals surface area contributed by atoms with Crippen LogP contribution in [0.15, 0.2) is 36.4 Å². The van der Waals surface area contributed by atoms with Crippen molar-refractivity contribution >= 4 is 12.0 Å². The third-order valence-corrected chi connectivity index (χ3v) is 2.92.